The Morgan fingerprint density at radius 2 is 1.93 bits per heavy atom. The minimum atomic E-state index is -0.383. The van der Waals surface area contributed by atoms with E-state index in [1.807, 2.05) is 6.92 Å². The number of methoxy groups -OCH3 is 1. The highest BCUT2D eigenvalue weighted by molar-refractivity contribution is 8.18. The molecule has 30 heavy (non-hydrogen) atoms. The fraction of sp³-hybridized carbons (Fsp3) is 0.238. The minimum Gasteiger partial charge on any atom is -0.493 e. The van der Waals surface area contributed by atoms with Gasteiger partial charge in [-0.3, -0.25) is 14.5 Å². The van der Waals surface area contributed by atoms with Crippen molar-refractivity contribution >= 4 is 40.6 Å². The van der Waals surface area contributed by atoms with Crippen molar-refractivity contribution in [3.63, 3.8) is 0 Å². The molecule has 0 N–H and O–H groups in total. The molecular weight excluding hydrogens is 430 g/mol. The fourth-order valence-corrected chi connectivity index (χ4v) is 4.14. The summed E-state index contributed by atoms with van der Waals surface area (Å²) in [6.45, 7) is 2.56. The second kappa shape index (κ2) is 8.49. The summed E-state index contributed by atoms with van der Waals surface area (Å²) in [5.41, 5.74) is 1.33. The Bertz CT molecular complexity index is 1050. The second-order valence-electron chi connectivity index (χ2n) is 6.41. The molecule has 2 aromatic rings. The Kier molecular flexibility index (Phi) is 5.78. The number of carbonyl (C=O) groups excluding carboxylic acids is 2. The number of hydrogen-bond donors (Lipinski definition) is 0. The molecule has 7 nitrogen and oxygen atoms in total. The van der Waals surface area contributed by atoms with Crippen molar-refractivity contribution in [2.24, 2.45) is 0 Å². The molecule has 4 rings (SSSR count). The van der Waals surface area contributed by atoms with Crippen molar-refractivity contribution in [1.82, 2.24) is 4.90 Å². The third-order valence-corrected chi connectivity index (χ3v) is 5.79. The molecule has 0 aromatic heterocycles. The summed E-state index contributed by atoms with van der Waals surface area (Å²) in [7, 11) is 1.55. The molecule has 9 heteroatoms. The summed E-state index contributed by atoms with van der Waals surface area (Å²) in [6, 6.07) is 8.64. The summed E-state index contributed by atoms with van der Waals surface area (Å²) < 4.78 is 21.5. The van der Waals surface area contributed by atoms with Gasteiger partial charge in [-0.05, 0) is 54.1 Å². The van der Waals surface area contributed by atoms with Crippen molar-refractivity contribution < 1.29 is 28.5 Å². The number of rotatable bonds is 6. The molecule has 2 aliphatic rings. The molecule has 2 amide bonds. The van der Waals surface area contributed by atoms with E-state index in [1.165, 1.54) is 0 Å². The number of nitrogens with zero attached hydrogens (tertiary/aromatic N) is 1. The lowest BCUT2D eigenvalue weighted by Gasteiger charge is -2.14. The van der Waals surface area contributed by atoms with Gasteiger partial charge in [0, 0.05) is 11.1 Å². The zero-order chi connectivity index (χ0) is 21.3. The first kappa shape index (κ1) is 20.4. The molecule has 0 saturated carbocycles. The van der Waals surface area contributed by atoms with Crippen molar-refractivity contribution in [2.45, 2.75) is 13.5 Å². The number of amides is 2. The minimum absolute atomic E-state index is 0.0457. The van der Waals surface area contributed by atoms with Crippen LogP contribution in [0.25, 0.3) is 6.08 Å². The van der Waals surface area contributed by atoms with Crippen LogP contribution in [0.2, 0.25) is 5.02 Å². The lowest BCUT2D eigenvalue weighted by molar-refractivity contribution is -0.123. The fourth-order valence-electron chi connectivity index (χ4n) is 3.09. The van der Waals surface area contributed by atoms with E-state index in [0.717, 1.165) is 22.2 Å². The summed E-state index contributed by atoms with van der Waals surface area (Å²) in [5, 5.41) is 0.0383. The highest BCUT2D eigenvalue weighted by atomic mass is 35.5. The van der Waals surface area contributed by atoms with E-state index in [1.54, 1.807) is 43.5 Å². The van der Waals surface area contributed by atoms with Crippen LogP contribution >= 0.6 is 23.4 Å². The van der Waals surface area contributed by atoms with Gasteiger partial charge >= 0.3 is 0 Å². The molecule has 0 radical (unpaired) electrons. The first-order valence-electron chi connectivity index (χ1n) is 9.14. The van der Waals surface area contributed by atoms with Crippen LogP contribution in [-0.2, 0) is 11.3 Å². The number of halogens is 1. The Balaban J connectivity index is 1.56. The maximum atomic E-state index is 12.9. The lowest BCUT2D eigenvalue weighted by Crippen LogP contribution is -2.27. The normalized spacial score (nSPS) is 16.5. The van der Waals surface area contributed by atoms with Crippen LogP contribution in [-0.4, -0.2) is 36.6 Å². The van der Waals surface area contributed by atoms with Crippen LogP contribution in [0.15, 0.2) is 35.2 Å². The van der Waals surface area contributed by atoms with Gasteiger partial charge in [-0.15, -0.1) is 0 Å². The topological polar surface area (TPSA) is 74.3 Å². The van der Waals surface area contributed by atoms with E-state index in [2.05, 4.69) is 0 Å². The molecule has 2 aliphatic heterocycles. The molecule has 1 fully saturated rings. The van der Waals surface area contributed by atoms with Gasteiger partial charge < -0.3 is 18.9 Å². The zero-order valence-corrected chi connectivity index (χ0v) is 17.8. The van der Waals surface area contributed by atoms with Crippen LogP contribution in [0, 0.1) is 0 Å². The first-order chi connectivity index (χ1) is 14.5. The zero-order valence-electron chi connectivity index (χ0n) is 16.3. The molecule has 2 heterocycles. The Morgan fingerprint density at radius 3 is 2.67 bits per heavy atom. The van der Waals surface area contributed by atoms with E-state index in [9.17, 15) is 9.59 Å². The average molecular weight is 448 g/mol. The molecule has 0 aliphatic carbocycles. The van der Waals surface area contributed by atoms with Gasteiger partial charge in [0.25, 0.3) is 11.1 Å². The van der Waals surface area contributed by atoms with Gasteiger partial charge in [0.2, 0.25) is 6.79 Å². The molecule has 0 spiro atoms. The number of ether oxygens (including phenoxy) is 4. The highest BCUT2D eigenvalue weighted by Crippen LogP contribution is 2.39. The van der Waals surface area contributed by atoms with Crippen molar-refractivity contribution in [3.05, 3.63) is 51.4 Å². The Hall–Kier alpha value is -2.84. The van der Waals surface area contributed by atoms with Gasteiger partial charge in [0.1, 0.15) is 0 Å². The van der Waals surface area contributed by atoms with Gasteiger partial charge in [0.15, 0.2) is 23.0 Å². The maximum absolute atomic E-state index is 12.9. The van der Waals surface area contributed by atoms with Gasteiger partial charge in [-0.1, -0.05) is 17.7 Å². The van der Waals surface area contributed by atoms with E-state index in [4.69, 9.17) is 30.5 Å². The SMILES string of the molecule is CCOc1ccc(/C=C2\SC(=O)N(Cc3cc4c(cc3Cl)OCO4)C2=O)cc1OC. The molecular formula is C21H18ClNO6S. The number of carbonyl (C=O) groups is 2. The third-order valence-electron chi connectivity index (χ3n) is 4.53. The van der Waals surface area contributed by atoms with Gasteiger partial charge in [0.05, 0.1) is 25.2 Å². The number of thioether (sulfide) groups is 1. The lowest BCUT2D eigenvalue weighted by atomic mass is 10.1. The molecule has 156 valence electrons. The largest absolute Gasteiger partial charge is 0.493 e. The van der Waals surface area contributed by atoms with E-state index < -0.39 is 0 Å². The summed E-state index contributed by atoms with van der Waals surface area (Å²) in [4.78, 5) is 26.8. The number of hydrogen-bond acceptors (Lipinski definition) is 7. The van der Waals surface area contributed by atoms with Crippen LogP contribution in [0.3, 0.4) is 0 Å². The van der Waals surface area contributed by atoms with Crippen LogP contribution in [0.4, 0.5) is 4.79 Å². The summed E-state index contributed by atoms with van der Waals surface area (Å²) >= 11 is 7.17. The van der Waals surface area contributed by atoms with Gasteiger partial charge in [-0.25, -0.2) is 0 Å². The highest BCUT2D eigenvalue weighted by Gasteiger charge is 2.35. The van der Waals surface area contributed by atoms with E-state index in [-0.39, 0.29) is 24.5 Å². The molecule has 0 atom stereocenters. The van der Waals surface area contributed by atoms with Gasteiger partial charge in [-0.2, -0.15) is 0 Å². The first-order valence-corrected chi connectivity index (χ1v) is 10.3. The maximum Gasteiger partial charge on any atom is 0.293 e. The second-order valence-corrected chi connectivity index (χ2v) is 7.81. The summed E-state index contributed by atoms with van der Waals surface area (Å²) in [6.07, 6.45) is 1.66. The smallest absolute Gasteiger partial charge is 0.293 e. The van der Waals surface area contributed by atoms with E-state index >= 15 is 0 Å². The van der Waals surface area contributed by atoms with Crippen LogP contribution in [0.1, 0.15) is 18.1 Å². The molecule has 0 unspecified atom stereocenters. The number of benzene rings is 2. The van der Waals surface area contributed by atoms with Crippen LogP contribution in [0.5, 0.6) is 23.0 Å². The monoisotopic (exact) mass is 447 g/mol. The molecule has 2 aromatic carbocycles. The van der Waals surface area contributed by atoms with Crippen molar-refractivity contribution in [3.8, 4) is 23.0 Å². The van der Waals surface area contributed by atoms with Crippen molar-refractivity contribution in [2.75, 3.05) is 20.5 Å². The van der Waals surface area contributed by atoms with Crippen molar-refractivity contribution in [1.29, 1.82) is 0 Å². The summed E-state index contributed by atoms with van der Waals surface area (Å²) in [5.74, 6) is 1.87. The number of fused-ring (bicyclic) bond motifs is 1. The predicted octanol–water partition coefficient (Wildman–Crippen LogP) is 4.71. The Labute approximate surface area is 182 Å². The van der Waals surface area contributed by atoms with Crippen LogP contribution < -0.4 is 18.9 Å². The number of imide groups is 1. The quantitative estimate of drug-likeness (QED) is 0.593. The average Bonchev–Trinajstić information content (AvgIpc) is 3.28. The molecule has 1 saturated heterocycles. The predicted molar refractivity (Wildman–Crippen MR) is 113 cm³/mol. The van der Waals surface area contributed by atoms with E-state index in [0.29, 0.717) is 45.1 Å². The third kappa shape index (κ3) is 3.93. The standard InChI is InChI=1S/C21H18ClNO6S/c1-3-27-15-5-4-12(6-16(15)26-2)7-19-20(24)23(21(25)30-19)10-13-8-17-18(9-14(13)22)29-11-28-17/h4-9H,3,10-11H2,1-2H3/b19-7-. The molecule has 0 bridgehead atoms. The Morgan fingerprint density at radius 1 is 1.17 bits per heavy atom.